The topological polar surface area (TPSA) is 63.0 Å². The smallest absolute Gasteiger partial charge is 0.146 e. The minimum Gasteiger partial charge on any atom is -0.317 e. The van der Waals surface area contributed by atoms with Crippen molar-refractivity contribution >= 4 is 23.1 Å². The van der Waals surface area contributed by atoms with Gasteiger partial charge < -0.3 is 4.57 Å². The number of rotatable bonds is 5. The van der Waals surface area contributed by atoms with Gasteiger partial charge in [-0.2, -0.15) is 0 Å². The molecule has 1 atom stereocenters. The summed E-state index contributed by atoms with van der Waals surface area (Å²) in [4.78, 5) is 4.73. The van der Waals surface area contributed by atoms with E-state index in [-0.39, 0.29) is 0 Å². The SMILES string of the molecule is Cc1nnc(CN(C)C2CCN(Cc3nnsc3Cl)C2)n1C. The van der Waals surface area contributed by atoms with Gasteiger partial charge in [-0.25, -0.2) is 0 Å². The monoisotopic (exact) mass is 341 g/mol. The maximum atomic E-state index is 6.08. The average Bonchev–Trinajstić information content (AvgIpc) is 3.18. The number of hydrogen-bond acceptors (Lipinski definition) is 7. The number of aromatic nitrogens is 5. The van der Waals surface area contributed by atoms with E-state index in [9.17, 15) is 0 Å². The van der Waals surface area contributed by atoms with Crippen molar-refractivity contribution in [2.75, 3.05) is 20.1 Å². The molecule has 0 amide bonds. The Morgan fingerprint density at radius 1 is 1.36 bits per heavy atom. The lowest BCUT2D eigenvalue weighted by molar-refractivity contribution is 0.216. The van der Waals surface area contributed by atoms with Gasteiger partial charge in [0.05, 0.1) is 6.54 Å². The van der Waals surface area contributed by atoms with Crippen LogP contribution in [0.2, 0.25) is 4.34 Å². The van der Waals surface area contributed by atoms with Crippen LogP contribution in [-0.2, 0) is 20.1 Å². The van der Waals surface area contributed by atoms with E-state index in [1.54, 1.807) is 0 Å². The minimum atomic E-state index is 0.516. The number of likely N-dealkylation sites (tertiary alicyclic amines) is 1. The average molecular weight is 342 g/mol. The molecule has 2 aromatic heterocycles. The number of likely N-dealkylation sites (N-methyl/N-ethyl adjacent to an activating group) is 1. The van der Waals surface area contributed by atoms with E-state index in [1.807, 2.05) is 18.5 Å². The Hall–Kier alpha value is -1.09. The van der Waals surface area contributed by atoms with Gasteiger partial charge in [-0.15, -0.1) is 15.3 Å². The molecule has 120 valence electrons. The zero-order chi connectivity index (χ0) is 15.7. The zero-order valence-corrected chi connectivity index (χ0v) is 14.6. The van der Waals surface area contributed by atoms with Crippen LogP contribution in [0.1, 0.15) is 23.8 Å². The van der Waals surface area contributed by atoms with Crippen LogP contribution in [0.3, 0.4) is 0 Å². The van der Waals surface area contributed by atoms with Crippen LogP contribution >= 0.6 is 23.1 Å². The minimum absolute atomic E-state index is 0.516. The molecule has 0 spiro atoms. The number of aryl methyl sites for hydroxylation is 1. The van der Waals surface area contributed by atoms with Gasteiger partial charge in [-0.3, -0.25) is 9.80 Å². The van der Waals surface area contributed by atoms with Crippen LogP contribution in [0.15, 0.2) is 0 Å². The number of nitrogens with zero attached hydrogens (tertiary/aromatic N) is 7. The molecular weight excluding hydrogens is 322 g/mol. The molecule has 0 aromatic carbocycles. The third-order valence-electron chi connectivity index (χ3n) is 4.33. The first kappa shape index (κ1) is 15.8. The highest BCUT2D eigenvalue weighted by atomic mass is 35.5. The van der Waals surface area contributed by atoms with Crippen molar-refractivity contribution in [1.82, 2.24) is 34.2 Å². The molecule has 0 aliphatic carbocycles. The predicted octanol–water partition coefficient (Wildman–Crippen LogP) is 1.33. The van der Waals surface area contributed by atoms with Gasteiger partial charge in [-0.05, 0) is 20.4 Å². The van der Waals surface area contributed by atoms with Gasteiger partial charge in [0.15, 0.2) is 0 Å². The third kappa shape index (κ3) is 3.29. The molecule has 7 nitrogen and oxygen atoms in total. The molecular formula is C13H20ClN7S. The highest BCUT2D eigenvalue weighted by Gasteiger charge is 2.27. The van der Waals surface area contributed by atoms with Crippen molar-refractivity contribution in [2.24, 2.45) is 7.05 Å². The lowest BCUT2D eigenvalue weighted by Gasteiger charge is -2.24. The van der Waals surface area contributed by atoms with E-state index < -0.39 is 0 Å². The van der Waals surface area contributed by atoms with Crippen molar-refractivity contribution in [2.45, 2.75) is 32.5 Å². The number of halogens is 1. The van der Waals surface area contributed by atoms with Gasteiger partial charge in [0.2, 0.25) is 0 Å². The van der Waals surface area contributed by atoms with E-state index in [2.05, 4.69) is 36.6 Å². The van der Waals surface area contributed by atoms with Crippen molar-refractivity contribution in [3.63, 3.8) is 0 Å². The van der Waals surface area contributed by atoms with Crippen molar-refractivity contribution < 1.29 is 0 Å². The Kier molecular flexibility index (Phi) is 4.72. The molecule has 0 radical (unpaired) electrons. The summed E-state index contributed by atoms with van der Waals surface area (Å²) in [5, 5.41) is 12.4. The van der Waals surface area contributed by atoms with E-state index in [4.69, 9.17) is 11.6 Å². The first-order chi connectivity index (χ1) is 10.5. The van der Waals surface area contributed by atoms with Gasteiger partial charge >= 0.3 is 0 Å². The van der Waals surface area contributed by atoms with Crippen molar-refractivity contribution in [3.05, 3.63) is 21.7 Å². The van der Waals surface area contributed by atoms with Crippen LogP contribution in [-0.4, -0.2) is 60.3 Å². The Morgan fingerprint density at radius 2 is 2.18 bits per heavy atom. The molecule has 1 aliphatic heterocycles. The Balaban J connectivity index is 1.55. The van der Waals surface area contributed by atoms with Crippen molar-refractivity contribution in [3.8, 4) is 0 Å². The summed E-state index contributed by atoms with van der Waals surface area (Å²) >= 11 is 7.33. The van der Waals surface area contributed by atoms with Crippen LogP contribution < -0.4 is 0 Å². The second-order valence-electron chi connectivity index (χ2n) is 5.81. The molecule has 2 aromatic rings. The maximum Gasteiger partial charge on any atom is 0.146 e. The molecule has 9 heteroatoms. The summed E-state index contributed by atoms with van der Waals surface area (Å²) in [5.41, 5.74) is 0.888. The second-order valence-corrected chi connectivity index (χ2v) is 7.16. The quantitative estimate of drug-likeness (QED) is 0.817. The molecule has 1 fully saturated rings. The normalized spacial score (nSPS) is 19.4. The maximum absolute atomic E-state index is 6.08. The van der Waals surface area contributed by atoms with Crippen LogP contribution in [0, 0.1) is 6.92 Å². The lowest BCUT2D eigenvalue weighted by Crippen LogP contribution is -2.34. The van der Waals surface area contributed by atoms with E-state index in [1.165, 1.54) is 11.5 Å². The molecule has 0 N–H and O–H groups in total. The summed E-state index contributed by atoms with van der Waals surface area (Å²) in [7, 11) is 4.16. The molecule has 3 heterocycles. The van der Waals surface area contributed by atoms with E-state index >= 15 is 0 Å². The summed E-state index contributed by atoms with van der Waals surface area (Å²) in [6.45, 7) is 5.64. The fraction of sp³-hybridized carbons (Fsp3) is 0.692. The zero-order valence-electron chi connectivity index (χ0n) is 13.0. The molecule has 1 saturated heterocycles. The molecule has 3 rings (SSSR count). The summed E-state index contributed by atoms with van der Waals surface area (Å²) in [6, 6.07) is 0.516. The summed E-state index contributed by atoms with van der Waals surface area (Å²) in [6.07, 6.45) is 1.14. The van der Waals surface area contributed by atoms with Crippen LogP contribution in [0.4, 0.5) is 0 Å². The molecule has 22 heavy (non-hydrogen) atoms. The first-order valence-electron chi connectivity index (χ1n) is 7.28. The molecule has 1 unspecified atom stereocenters. The van der Waals surface area contributed by atoms with Crippen LogP contribution in [0.5, 0.6) is 0 Å². The standard InChI is InChI=1S/C13H20ClN7S/c1-9-15-17-12(20(9)3)8-19(2)10-4-5-21(6-10)7-11-13(14)22-18-16-11/h10H,4-8H2,1-3H3. The van der Waals surface area contributed by atoms with Gasteiger partial charge in [-0.1, -0.05) is 16.1 Å². The summed E-state index contributed by atoms with van der Waals surface area (Å²) in [5.74, 6) is 1.95. The Morgan fingerprint density at radius 3 is 2.82 bits per heavy atom. The lowest BCUT2D eigenvalue weighted by atomic mass is 10.2. The largest absolute Gasteiger partial charge is 0.317 e. The van der Waals surface area contributed by atoms with Crippen molar-refractivity contribution in [1.29, 1.82) is 0 Å². The highest BCUT2D eigenvalue weighted by Crippen LogP contribution is 2.22. The second kappa shape index (κ2) is 6.57. The van der Waals surface area contributed by atoms with E-state index in [0.29, 0.717) is 10.4 Å². The molecule has 0 saturated carbocycles. The van der Waals surface area contributed by atoms with Gasteiger partial charge in [0.1, 0.15) is 21.7 Å². The first-order valence-corrected chi connectivity index (χ1v) is 8.44. The van der Waals surface area contributed by atoms with Crippen LogP contribution in [0.25, 0.3) is 0 Å². The highest BCUT2D eigenvalue weighted by molar-refractivity contribution is 7.10. The fourth-order valence-electron chi connectivity index (χ4n) is 2.76. The van der Waals surface area contributed by atoms with Gasteiger partial charge in [0, 0.05) is 44.3 Å². The Labute approximate surface area is 139 Å². The van der Waals surface area contributed by atoms with Gasteiger partial charge in [0.25, 0.3) is 0 Å². The van der Waals surface area contributed by atoms with E-state index in [0.717, 1.165) is 49.9 Å². The number of hydrogen-bond donors (Lipinski definition) is 0. The fourth-order valence-corrected chi connectivity index (χ4v) is 3.37. The molecule has 1 aliphatic rings. The third-order valence-corrected chi connectivity index (χ3v) is 5.31. The molecule has 0 bridgehead atoms. The summed E-state index contributed by atoms with van der Waals surface area (Å²) < 4.78 is 6.64. The predicted molar refractivity (Wildman–Crippen MR) is 85.8 cm³/mol. The Bertz CT molecular complexity index is 640.